The molecule has 2 amide bonds. The molecule has 5 nitrogen and oxygen atoms in total. The Balaban J connectivity index is 2.00. The Morgan fingerprint density at radius 2 is 1.96 bits per heavy atom. The molecule has 0 aromatic heterocycles. The minimum absolute atomic E-state index is 0.0640. The van der Waals surface area contributed by atoms with E-state index in [0.717, 1.165) is 25.9 Å². The fraction of sp³-hybridized carbons (Fsp3) is 0.579. The standard InChI is InChI=1S/C19H28ClN3O2/c1-13(2)10-17(24)23-14-4-5-16(20)15(11-14)18(25)22-12-19(3)6-8-21-9-7-19/h4-5,11,13,21H,6-10,12H2,1-3H3,(H,22,25)(H,23,24). The van der Waals surface area contributed by atoms with Gasteiger partial charge in [0.05, 0.1) is 10.6 Å². The fourth-order valence-corrected chi connectivity index (χ4v) is 3.16. The first-order valence-electron chi connectivity index (χ1n) is 8.87. The van der Waals surface area contributed by atoms with Crippen molar-refractivity contribution in [1.29, 1.82) is 0 Å². The molecule has 1 fully saturated rings. The largest absolute Gasteiger partial charge is 0.351 e. The maximum atomic E-state index is 12.5. The SMILES string of the molecule is CC(C)CC(=O)Nc1ccc(Cl)c(C(=O)NCC2(C)CCNCC2)c1. The van der Waals surface area contributed by atoms with E-state index < -0.39 is 0 Å². The van der Waals surface area contributed by atoms with Crippen LogP contribution in [0.2, 0.25) is 5.02 Å². The third-order valence-electron chi connectivity index (χ3n) is 4.57. The van der Waals surface area contributed by atoms with Gasteiger partial charge in [0.2, 0.25) is 5.91 Å². The van der Waals surface area contributed by atoms with Crippen molar-refractivity contribution in [3.05, 3.63) is 28.8 Å². The van der Waals surface area contributed by atoms with Crippen molar-refractivity contribution in [3.63, 3.8) is 0 Å². The van der Waals surface area contributed by atoms with Gasteiger partial charge >= 0.3 is 0 Å². The summed E-state index contributed by atoms with van der Waals surface area (Å²) in [6.45, 7) is 8.74. The number of hydrogen-bond donors (Lipinski definition) is 3. The second kappa shape index (κ2) is 8.68. The second-order valence-electron chi connectivity index (χ2n) is 7.58. The van der Waals surface area contributed by atoms with Gasteiger partial charge in [-0.3, -0.25) is 9.59 Å². The number of anilines is 1. The van der Waals surface area contributed by atoms with Gasteiger partial charge in [-0.2, -0.15) is 0 Å². The predicted molar refractivity (Wildman–Crippen MR) is 102 cm³/mol. The van der Waals surface area contributed by atoms with Crippen LogP contribution in [0.3, 0.4) is 0 Å². The molecule has 0 bridgehead atoms. The molecule has 138 valence electrons. The number of amides is 2. The lowest BCUT2D eigenvalue weighted by Crippen LogP contribution is -2.42. The van der Waals surface area contributed by atoms with Crippen molar-refractivity contribution in [2.75, 3.05) is 25.0 Å². The Morgan fingerprint density at radius 3 is 2.60 bits per heavy atom. The maximum absolute atomic E-state index is 12.5. The van der Waals surface area contributed by atoms with Crippen LogP contribution in [0.4, 0.5) is 5.69 Å². The average molecular weight is 366 g/mol. The molecule has 0 aliphatic carbocycles. The molecule has 0 saturated carbocycles. The molecule has 0 unspecified atom stereocenters. The highest BCUT2D eigenvalue weighted by atomic mass is 35.5. The topological polar surface area (TPSA) is 70.2 Å². The molecular weight excluding hydrogens is 338 g/mol. The quantitative estimate of drug-likeness (QED) is 0.723. The Kier molecular flexibility index (Phi) is 6.85. The first kappa shape index (κ1) is 19.7. The molecule has 0 atom stereocenters. The average Bonchev–Trinajstić information content (AvgIpc) is 2.54. The van der Waals surface area contributed by atoms with Crippen LogP contribution >= 0.6 is 11.6 Å². The molecule has 1 saturated heterocycles. The molecule has 3 N–H and O–H groups in total. The van der Waals surface area contributed by atoms with E-state index in [-0.39, 0.29) is 23.1 Å². The Hall–Kier alpha value is -1.59. The van der Waals surface area contributed by atoms with Gasteiger partial charge in [0, 0.05) is 18.7 Å². The zero-order valence-corrected chi connectivity index (χ0v) is 16.0. The zero-order chi connectivity index (χ0) is 18.4. The van der Waals surface area contributed by atoms with E-state index in [1.807, 2.05) is 13.8 Å². The summed E-state index contributed by atoms with van der Waals surface area (Å²) in [5.74, 6) is 0.0106. The van der Waals surface area contributed by atoms with Gasteiger partial charge in [0.25, 0.3) is 5.91 Å². The fourth-order valence-electron chi connectivity index (χ4n) is 2.96. The minimum atomic E-state index is -0.204. The molecule has 2 rings (SSSR count). The maximum Gasteiger partial charge on any atom is 0.252 e. The van der Waals surface area contributed by atoms with E-state index in [4.69, 9.17) is 11.6 Å². The summed E-state index contributed by atoms with van der Waals surface area (Å²) < 4.78 is 0. The van der Waals surface area contributed by atoms with Crippen molar-refractivity contribution in [2.24, 2.45) is 11.3 Å². The molecule has 0 spiro atoms. The summed E-state index contributed by atoms with van der Waals surface area (Å²) in [5.41, 5.74) is 1.09. The highest BCUT2D eigenvalue weighted by molar-refractivity contribution is 6.34. The molecule has 1 aliphatic heterocycles. The lowest BCUT2D eigenvalue weighted by molar-refractivity contribution is -0.116. The summed E-state index contributed by atoms with van der Waals surface area (Å²) >= 11 is 6.18. The van der Waals surface area contributed by atoms with E-state index in [1.54, 1.807) is 18.2 Å². The monoisotopic (exact) mass is 365 g/mol. The van der Waals surface area contributed by atoms with Crippen LogP contribution in [-0.4, -0.2) is 31.4 Å². The number of piperidine rings is 1. The molecular formula is C19H28ClN3O2. The highest BCUT2D eigenvalue weighted by Crippen LogP contribution is 2.27. The number of nitrogens with one attached hydrogen (secondary N) is 3. The van der Waals surface area contributed by atoms with Crippen LogP contribution in [-0.2, 0) is 4.79 Å². The van der Waals surface area contributed by atoms with Gasteiger partial charge in [0.15, 0.2) is 0 Å². The molecule has 1 aliphatic rings. The minimum Gasteiger partial charge on any atom is -0.351 e. The summed E-state index contributed by atoms with van der Waals surface area (Å²) in [6, 6.07) is 5.00. The van der Waals surface area contributed by atoms with Crippen LogP contribution in [0, 0.1) is 11.3 Å². The van der Waals surface area contributed by atoms with Gasteiger partial charge < -0.3 is 16.0 Å². The first-order chi connectivity index (χ1) is 11.8. The number of carbonyl (C=O) groups is 2. The summed E-state index contributed by atoms with van der Waals surface area (Å²) in [6.07, 6.45) is 2.51. The van der Waals surface area contributed by atoms with Crippen LogP contribution in [0.1, 0.15) is 50.4 Å². The van der Waals surface area contributed by atoms with Crippen molar-refractivity contribution >= 4 is 29.1 Å². The highest BCUT2D eigenvalue weighted by Gasteiger charge is 2.27. The van der Waals surface area contributed by atoms with Crippen molar-refractivity contribution in [3.8, 4) is 0 Å². The Morgan fingerprint density at radius 1 is 1.28 bits per heavy atom. The smallest absolute Gasteiger partial charge is 0.252 e. The van der Waals surface area contributed by atoms with E-state index in [1.165, 1.54) is 0 Å². The summed E-state index contributed by atoms with van der Waals surface area (Å²) in [4.78, 5) is 24.5. The second-order valence-corrected chi connectivity index (χ2v) is 7.99. The normalized spacial score (nSPS) is 16.5. The van der Waals surface area contributed by atoms with Gasteiger partial charge in [-0.15, -0.1) is 0 Å². The van der Waals surface area contributed by atoms with Crippen LogP contribution in [0.25, 0.3) is 0 Å². The molecule has 1 aromatic rings. The predicted octanol–water partition coefficient (Wildman–Crippen LogP) is 3.44. The lowest BCUT2D eigenvalue weighted by Gasteiger charge is -2.34. The Labute approximate surface area is 154 Å². The van der Waals surface area contributed by atoms with Crippen LogP contribution < -0.4 is 16.0 Å². The van der Waals surface area contributed by atoms with E-state index >= 15 is 0 Å². The van der Waals surface area contributed by atoms with Gasteiger partial charge in [-0.25, -0.2) is 0 Å². The Bertz CT molecular complexity index is 625. The van der Waals surface area contributed by atoms with Gasteiger partial charge in [0.1, 0.15) is 0 Å². The van der Waals surface area contributed by atoms with E-state index in [9.17, 15) is 9.59 Å². The van der Waals surface area contributed by atoms with Crippen molar-refractivity contribution < 1.29 is 9.59 Å². The van der Waals surface area contributed by atoms with Gasteiger partial charge in [-0.05, 0) is 55.5 Å². The third-order valence-corrected chi connectivity index (χ3v) is 4.90. The number of hydrogen-bond acceptors (Lipinski definition) is 3. The van der Waals surface area contributed by atoms with E-state index in [2.05, 4.69) is 22.9 Å². The number of halogens is 1. The van der Waals surface area contributed by atoms with Crippen LogP contribution in [0.15, 0.2) is 18.2 Å². The van der Waals surface area contributed by atoms with Gasteiger partial charge in [-0.1, -0.05) is 32.4 Å². The van der Waals surface area contributed by atoms with Crippen LogP contribution in [0.5, 0.6) is 0 Å². The number of benzene rings is 1. The zero-order valence-electron chi connectivity index (χ0n) is 15.2. The number of rotatable bonds is 6. The lowest BCUT2D eigenvalue weighted by atomic mass is 9.81. The summed E-state index contributed by atoms with van der Waals surface area (Å²) in [5, 5.41) is 9.54. The molecule has 1 aromatic carbocycles. The first-order valence-corrected chi connectivity index (χ1v) is 9.25. The molecule has 1 heterocycles. The molecule has 6 heteroatoms. The number of carbonyl (C=O) groups excluding carboxylic acids is 2. The van der Waals surface area contributed by atoms with Crippen molar-refractivity contribution in [1.82, 2.24) is 10.6 Å². The molecule has 25 heavy (non-hydrogen) atoms. The molecule has 0 radical (unpaired) electrons. The van der Waals surface area contributed by atoms with Crippen molar-refractivity contribution in [2.45, 2.75) is 40.0 Å². The van der Waals surface area contributed by atoms with E-state index in [0.29, 0.717) is 29.2 Å². The third kappa shape index (κ3) is 6.01. The summed E-state index contributed by atoms with van der Waals surface area (Å²) in [7, 11) is 0.